The summed E-state index contributed by atoms with van der Waals surface area (Å²) in [6.45, 7) is 0.112. The number of hydrogen-bond acceptors (Lipinski definition) is 5. The summed E-state index contributed by atoms with van der Waals surface area (Å²) < 4.78 is 10.3. The van der Waals surface area contributed by atoms with Crippen LogP contribution in [0.25, 0.3) is 6.08 Å². The second-order valence-electron chi connectivity index (χ2n) is 4.59. The molecule has 0 saturated carbocycles. The van der Waals surface area contributed by atoms with E-state index in [0.717, 1.165) is 5.56 Å². The first-order valence-electron chi connectivity index (χ1n) is 6.79. The summed E-state index contributed by atoms with van der Waals surface area (Å²) in [6, 6.07) is 12.7. The number of nitro benzene ring substituents is 1. The van der Waals surface area contributed by atoms with Gasteiger partial charge >= 0.3 is 0 Å². The first kappa shape index (κ1) is 16.4. The minimum atomic E-state index is -0.506. The van der Waals surface area contributed by atoms with Crippen LogP contribution >= 0.6 is 0 Å². The van der Waals surface area contributed by atoms with Gasteiger partial charge in [-0.3, -0.25) is 14.9 Å². The maximum atomic E-state index is 12.1. The third-order valence-corrected chi connectivity index (χ3v) is 3.03. The fourth-order valence-electron chi connectivity index (χ4n) is 1.88. The number of benzene rings is 2. The lowest BCUT2D eigenvalue weighted by molar-refractivity contribution is -0.384. The summed E-state index contributed by atoms with van der Waals surface area (Å²) in [5.41, 5.74) is 1.06. The molecular weight excluding hydrogens is 298 g/mol. The molecule has 0 saturated heterocycles. The van der Waals surface area contributed by atoms with Crippen molar-refractivity contribution in [3.63, 3.8) is 0 Å². The number of non-ortho nitro benzene ring substituents is 1. The first-order chi connectivity index (χ1) is 11.1. The van der Waals surface area contributed by atoms with E-state index in [-0.39, 0.29) is 18.3 Å². The summed E-state index contributed by atoms with van der Waals surface area (Å²) in [5, 5.41) is 10.6. The highest BCUT2D eigenvalue weighted by atomic mass is 16.7. The summed E-state index contributed by atoms with van der Waals surface area (Å²) in [4.78, 5) is 22.2. The molecule has 2 aromatic rings. The van der Waals surface area contributed by atoms with Crippen LogP contribution in [0.4, 0.5) is 5.69 Å². The van der Waals surface area contributed by atoms with Crippen LogP contribution in [0, 0.1) is 10.1 Å². The lowest BCUT2D eigenvalue weighted by Gasteiger charge is -2.07. The van der Waals surface area contributed by atoms with Crippen LogP contribution in [0.2, 0.25) is 0 Å². The van der Waals surface area contributed by atoms with E-state index < -0.39 is 4.92 Å². The quantitative estimate of drug-likeness (QED) is 0.257. The van der Waals surface area contributed by atoms with E-state index in [4.69, 9.17) is 9.47 Å². The van der Waals surface area contributed by atoms with Gasteiger partial charge in [0.15, 0.2) is 12.6 Å². The third-order valence-electron chi connectivity index (χ3n) is 3.03. The number of carbonyl (C=O) groups is 1. The van der Waals surface area contributed by atoms with Gasteiger partial charge in [0, 0.05) is 30.4 Å². The van der Waals surface area contributed by atoms with Crippen molar-refractivity contribution in [2.24, 2.45) is 0 Å². The molecule has 0 aliphatic rings. The number of rotatable bonds is 7. The molecule has 2 aromatic carbocycles. The number of para-hydroxylation sites is 1. The van der Waals surface area contributed by atoms with Gasteiger partial charge in [0.05, 0.1) is 4.92 Å². The van der Waals surface area contributed by atoms with Gasteiger partial charge in [-0.25, -0.2) is 0 Å². The molecule has 0 radical (unpaired) electrons. The van der Waals surface area contributed by atoms with Crippen LogP contribution < -0.4 is 4.74 Å². The van der Waals surface area contributed by atoms with Gasteiger partial charge in [-0.05, 0) is 30.4 Å². The molecule has 23 heavy (non-hydrogen) atoms. The molecule has 0 fully saturated rings. The highest BCUT2D eigenvalue weighted by Crippen LogP contribution is 2.20. The zero-order valence-electron chi connectivity index (χ0n) is 12.5. The smallest absolute Gasteiger partial charge is 0.269 e. The maximum absolute atomic E-state index is 12.1. The zero-order chi connectivity index (χ0) is 16.7. The standard InChI is InChI=1S/C17H15NO5/c1-22-12-23-17-5-3-2-4-14(17)8-11-16(19)13-6-9-15(10-7-13)18(20)21/h2-11H,12H2,1H3. The number of nitrogens with zero attached hydrogens (tertiary/aromatic N) is 1. The largest absolute Gasteiger partial charge is 0.467 e. The highest BCUT2D eigenvalue weighted by Gasteiger charge is 2.07. The third kappa shape index (κ3) is 4.49. The van der Waals surface area contributed by atoms with E-state index in [1.54, 1.807) is 12.1 Å². The first-order valence-corrected chi connectivity index (χ1v) is 6.79. The molecule has 0 amide bonds. The van der Waals surface area contributed by atoms with Crippen LogP contribution in [-0.4, -0.2) is 24.6 Å². The number of methoxy groups -OCH3 is 1. The van der Waals surface area contributed by atoms with Gasteiger partial charge in [-0.2, -0.15) is 0 Å². The molecule has 6 nitrogen and oxygen atoms in total. The minimum Gasteiger partial charge on any atom is -0.467 e. The van der Waals surface area contributed by atoms with Gasteiger partial charge in [0.25, 0.3) is 5.69 Å². The number of ether oxygens (including phenoxy) is 2. The van der Waals surface area contributed by atoms with Gasteiger partial charge in [-0.1, -0.05) is 18.2 Å². The van der Waals surface area contributed by atoms with Gasteiger partial charge < -0.3 is 9.47 Å². The van der Waals surface area contributed by atoms with E-state index in [2.05, 4.69) is 0 Å². The van der Waals surface area contributed by atoms with Crippen molar-refractivity contribution < 1.29 is 19.2 Å². The van der Waals surface area contributed by atoms with Crippen molar-refractivity contribution in [1.82, 2.24) is 0 Å². The van der Waals surface area contributed by atoms with Crippen LogP contribution in [0.15, 0.2) is 54.6 Å². The molecule has 0 aliphatic heterocycles. The number of carbonyl (C=O) groups excluding carboxylic acids is 1. The normalized spacial score (nSPS) is 10.7. The average Bonchev–Trinajstić information content (AvgIpc) is 2.58. The van der Waals surface area contributed by atoms with Gasteiger partial charge in [0.1, 0.15) is 5.75 Å². The lowest BCUT2D eigenvalue weighted by Crippen LogP contribution is -2.00. The number of allylic oxidation sites excluding steroid dienone is 1. The molecule has 0 aromatic heterocycles. The van der Waals surface area contributed by atoms with Crippen molar-refractivity contribution in [3.8, 4) is 5.75 Å². The van der Waals surface area contributed by atoms with Crippen LogP contribution in [0.5, 0.6) is 5.75 Å². The Hall–Kier alpha value is -2.99. The predicted molar refractivity (Wildman–Crippen MR) is 85.4 cm³/mol. The molecule has 6 heteroatoms. The van der Waals surface area contributed by atoms with Crippen molar-refractivity contribution in [3.05, 3.63) is 75.8 Å². The topological polar surface area (TPSA) is 78.7 Å². The Kier molecular flexibility index (Phi) is 5.60. The molecule has 0 bridgehead atoms. The van der Waals surface area contributed by atoms with Crippen molar-refractivity contribution >= 4 is 17.5 Å². The van der Waals surface area contributed by atoms with Gasteiger partial charge in [-0.15, -0.1) is 0 Å². The fraction of sp³-hybridized carbons (Fsp3) is 0.118. The molecule has 118 valence electrons. The van der Waals surface area contributed by atoms with E-state index in [9.17, 15) is 14.9 Å². The average molecular weight is 313 g/mol. The van der Waals surface area contributed by atoms with E-state index in [1.165, 1.54) is 37.5 Å². The van der Waals surface area contributed by atoms with Crippen molar-refractivity contribution in [2.75, 3.05) is 13.9 Å². The van der Waals surface area contributed by atoms with Crippen molar-refractivity contribution in [2.45, 2.75) is 0 Å². The van der Waals surface area contributed by atoms with E-state index in [1.807, 2.05) is 18.2 Å². The molecule has 0 aliphatic carbocycles. The second kappa shape index (κ2) is 7.86. The fourth-order valence-corrected chi connectivity index (χ4v) is 1.88. The number of hydrogen-bond donors (Lipinski definition) is 0. The molecule has 0 N–H and O–H groups in total. The summed E-state index contributed by atoms with van der Waals surface area (Å²) in [6.07, 6.45) is 3.03. The van der Waals surface area contributed by atoms with Crippen molar-refractivity contribution in [1.29, 1.82) is 0 Å². The Balaban J connectivity index is 2.13. The Bertz CT molecular complexity index is 722. The Morgan fingerprint density at radius 3 is 2.52 bits per heavy atom. The van der Waals surface area contributed by atoms with Crippen LogP contribution in [0.3, 0.4) is 0 Å². The van der Waals surface area contributed by atoms with E-state index in [0.29, 0.717) is 11.3 Å². The Labute approximate surface area is 133 Å². The molecule has 2 rings (SSSR count). The SMILES string of the molecule is COCOc1ccccc1C=CC(=O)c1ccc([N+](=O)[O-])cc1. The lowest BCUT2D eigenvalue weighted by atomic mass is 10.1. The Morgan fingerprint density at radius 2 is 1.87 bits per heavy atom. The minimum absolute atomic E-state index is 0.0520. The van der Waals surface area contributed by atoms with Crippen LogP contribution in [0.1, 0.15) is 15.9 Å². The molecule has 0 heterocycles. The zero-order valence-corrected chi connectivity index (χ0v) is 12.5. The highest BCUT2D eigenvalue weighted by molar-refractivity contribution is 6.07. The van der Waals surface area contributed by atoms with E-state index >= 15 is 0 Å². The van der Waals surface area contributed by atoms with Crippen LogP contribution in [-0.2, 0) is 4.74 Å². The summed E-state index contributed by atoms with van der Waals surface area (Å²) in [7, 11) is 1.52. The number of ketones is 1. The number of nitro groups is 1. The Morgan fingerprint density at radius 1 is 1.17 bits per heavy atom. The molecule has 0 atom stereocenters. The molecule has 0 unspecified atom stereocenters. The predicted octanol–water partition coefficient (Wildman–Crippen LogP) is 3.47. The maximum Gasteiger partial charge on any atom is 0.269 e. The molecular formula is C17H15NO5. The summed E-state index contributed by atoms with van der Waals surface area (Å²) >= 11 is 0. The second-order valence-corrected chi connectivity index (χ2v) is 4.59. The summed E-state index contributed by atoms with van der Waals surface area (Å²) in [5.74, 6) is 0.351. The van der Waals surface area contributed by atoms with Gasteiger partial charge in [0.2, 0.25) is 0 Å². The molecule has 0 spiro atoms. The monoisotopic (exact) mass is 313 g/mol.